The maximum Gasteiger partial charge on any atom is 0.0410 e. The molecule has 0 bridgehead atoms. The van der Waals surface area contributed by atoms with Gasteiger partial charge in [-0.05, 0) is 18.1 Å². The lowest BCUT2D eigenvalue weighted by atomic mass is 10.8. The van der Waals surface area contributed by atoms with Gasteiger partial charge in [0.1, 0.15) is 0 Å². The molecule has 0 aliphatic carbocycles. The van der Waals surface area contributed by atoms with Gasteiger partial charge in [-0.1, -0.05) is 11.2 Å². The Bertz CT molecular complexity index is 77.0. The first-order valence-corrected chi connectivity index (χ1v) is 3.76. The second kappa shape index (κ2) is 0.959. The van der Waals surface area contributed by atoms with E-state index in [9.17, 15) is 0 Å². The Hall–Kier alpha value is 0.460. The third kappa shape index (κ3) is 0.647. The van der Waals surface area contributed by atoms with Crippen molar-refractivity contribution in [3.63, 3.8) is 0 Å². The Labute approximate surface area is 37.4 Å². The average molecular weight is 106 g/mol. The van der Waals surface area contributed by atoms with Crippen LogP contribution < -0.4 is 0 Å². The molecule has 0 amide bonds. The zero-order valence-electron chi connectivity index (χ0n) is 2.90. The van der Waals surface area contributed by atoms with Crippen molar-refractivity contribution in [2.75, 3.05) is 0 Å². The van der Waals surface area contributed by atoms with E-state index in [0.717, 1.165) is 0 Å². The van der Waals surface area contributed by atoms with Crippen LogP contribution in [0.15, 0.2) is 11.1 Å². The molecule has 0 saturated carbocycles. The van der Waals surface area contributed by atoms with Gasteiger partial charge in [-0.25, -0.2) is 0 Å². The lowest BCUT2D eigenvalue weighted by molar-refractivity contribution is 1.77. The average Bonchev–Trinajstić information content (AvgIpc) is 1.79. The Morgan fingerprint density at radius 1 is 2.00 bits per heavy atom. The van der Waals surface area contributed by atoms with E-state index in [1.165, 1.54) is 5.31 Å². The largest absolute Gasteiger partial charge is 0.0868 e. The van der Waals surface area contributed by atoms with Gasteiger partial charge >= 0.3 is 0 Å². The number of rotatable bonds is 0. The highest BCUT2D eigenvalue weighted by Gasteiger charge is 2.14. The Morgan fingerprint density at radius 3 is 2.20 bits per heavy atom. The minimum Gasteiger partial charge on any atom is -0.0868 e. The van der Waals surface area contributed by atoms with E-state index < -0.39 is 0 Å². The van der Waals surface area contributed by atoms with Crippen molar-refractivity contribution in [2.24, 2.45) is 0 Å². The first-order chi connectivity index (χ1) is 2.30. The van der Waals surface area contributed by atoms with E-state index in [1.807, 2.05) is 0 Å². The van der Waals surface area contributed by atoms with Gasteiger partial charge in [0.05, 0.1) is 0 Å². The van der Waals surface area contributed by atoms with Crippen LogP contribution in [0.3, 0.4) is 0 Å². The summed E-state index contributed by atoms with van der Waals surface area (Å²) in [6.07, 6.45) is 0. The zero-order valence-corrected chi connectivity index (χ0v) is 4.55. The summed E-state index contributed by atoms with van der Waals surface area (Å²) in [7, 11) is -0.168. The molecule has 0 fully saturated rings. The highest BCUT2D eigenvalue weighted by Crippen LogP contribution is 2.65. The smallest absolute Gasteiger partial charge is 0.0410 e. The second-order valence-corrected chi connectivity index (χ2v) is 3.76. The second-order valence-electron chi connectivity index (χ2n) is 1.08. The van der Waals surface area contributed by atoms with E-state index in [2.05, 4.69) is 12.7 Å². The lowest BCUT2D eigenvalue weighted by Crippen LogP contribution is -1.22. The van der Waals surface area contributed by atoms with Crippen molar-refractivity contribution in [1.29, 1.82) is 0 Å². The van der Waals surface area contributed by atoms with Crippen molar-refractivity contribution >= 4 is 18.5 Å². The first-order valence-electron chi connectivity index (χ1n) is 1.44. The summed E-state index contributed by atoms with van der Waals surface area (Å²) in [5.41, 5.74) is 0. The molecule has 5 heavy (non-hydrogen) atoms. The van der Waals surface area contributed by atoms with Crippen LogP contribution >= 0.6 is 18.5 Å². The number of hydrogen-bond acceptors (Lipinski definition) is 0. The molecule has 0 aromatic carbocycles. The van der Waals surface area contributed by atoms with Crippen molar-refractivity contribution in [2.45, 2.75) is 6.92 Å². The molecule has 1 heterocycles. The van der Waals surface area contributed by atoms with E-state index in [-0.39, 0.29) is 7.27 Å². The Balaban J connectivity index is 2.38. The molecule has 0 aromatic heterocycles. The standard InChI is InChI=1S/C3H4ClP/c1-3-2-5(3)4/h2H,1H3. The highest BCUT2D eigenvalue weighted by atomic mass is 35.7. The van der Waals surface area contributed by atoms with Gasteiger partial charge in [0, 0.05) is 7.27 Å². The molecular formula is C3H4ClP. The molecule has 28 valence electrons. The molecule has 1 atom stereocenters. The van der Waals surface area contributed by atoms with Gasteiger partial charge in [0.25, 0.3) is 0 Å². The minimum atomic E-state index is -0.168. The van der Waals surface area contributed by atoms with Crippen molar-refractivity contribution in [3.05, 3.63) is 11.1 Å². The molecule has 0 radical (unpaired) electrons. The van der Waals surface area contributed by atoms with Crippen molar-refractivity contribution < 1.29 is 0 Å². The predicted octanol–water partition coefficient (Wildman–Crippen LogP) is 2.50. The van der Waals surface area contributed by atoms with Gasteiger partial charge in [0.2, 0.25) is 0 Å². The van der Waals surface area contributed by atoms with Crippen LogP contribution in [0.1, 0.15) is 6.92 Å². The van der Waals surface area contributed by atoms with Crippen LogP contribution in [-0.4, -0.2) is 0 Å². The molecule has 0 saturated heterocycles. The summed E-state index contributed by atoms with van der Waals surface area (Å²) in [6, 6.07) is 0. The number of allylic oxidation sites excluding steroid dienone is 1. The van der Waals surface area contributed by atoms with Crippen LogP contribution in [0, 0.1) is 0 Å². The topological polar surface area (TPSA) is 0 Å². The predicted molar refractivity (Wildman–Crippen MR) is 26.5 cm³/mol. The third-order valence-corrected chi connectivity index (χ3v) is 2.80. The normalized spacial score (nSPS) is 33.2. The molecule has 0 spiro atoms. The van der Waals surface area contributed by atoms with Crippen LogP contribution in [0.2, 0.25) is 0 Å². The Kier molecular flexibility index (Phi) is 0.699. The molecule has 1 unspecified atom stereocenters. The molecule has 1 rings (SSSR count). The summed E-state index contributed by atoms with van der Waals surface area (Å²) < 4.78 is 0. The van der Waals surface area contributed by atoms with Gasteiger partial charge < -0.3 is 0 Å². The van der Waals surface area contributed by atoms with Crippen LogP contribution in [0.5, 0.6) is 0 Å². The molecule has 0 N–H and O–H groups in total. The molecule has 1 aliphatic rings. The van der Waals surface area contributed by atoms with E-state index >= 15 is 0 Å². The monoisotopic (exact) mass is 106 g/mol. The summed E-state index contributed by atoms with van der Waals surface area (Å²) in [6.45, 7) is 2.05. The fourth-order valence-corrected chi connectivity index (χ4v) is 1.22. The molecular weight excluding hydrogens is 102 g/mol. The van der Waals surface area contributed by atoms with Crippen LogP contribution in [0.4, 0.5) is 0 Å². The minimum absolute atomic E-state index is 0.168. The van der Waals surface area contributed by atoms with E-state index in [0.29, 0.717) is 0 Å². The van der Waals surface area contributed by atoms with E-state index in [1.54, 1.807) is 0 Å². The zero-order chi connectivity index (χ0) is 3.86. The SMILES string of the molecule is CC1=CP1Cl. The molecule has 2 heteroatoms. The third-order valence-electron chi connectivity index (χ3n) is 0.569. The summed E-state index contributed by atoms with van der Waals surface area (Å²) in [5, 5.41) is 1.38. The van der Waals surface area contributed by atoms with Gasteiger partial charge in [-0.15, -0.1) is 0 Å². The summed E-state index contributed by atoms with van der Waals surface area (Å²) in [4.78, 5) is 0. The summed E-state index contributed by atoms with van der Waals surface area (Å²) >= 11 is 5.51. The fourth-order valence-electron chi connectivity index (χ4n) is 0.135. The quantitative estimate of drug-likeness (QED) is 0.416. The first kappa shape index (κ1) is 3.64. The maximum absolute atomic E-state index is 5.51. The number of halogens is 1. The Morgan fingerprint density at radius 2 is 2.20 bits per heavy atom. The molecule has 1 aliphatic heterocycles. The number of hydrogen-bond donors (Lipinski definition) is 0. The van der Waals surface area contributed by atoms with Crippen molar-refractivity contribution in [3.8, 4) is 0 Å². The van der Waals surface area contributed by atoms with Crippen LogP contribution in [0.25, 0.3) is 0 Å². The lowest BCUT2D eigenvalue weighted by Gasteiger charge is -1.66. The molecule has 0 aromatic rings. The summed E-state index contributed by atoms with van der Waals surface area (Å²) in [5.74, 6) is 2.08. The highest BCUT2D eigenvalue weighted by molar-refractivity contribution is 7.95. The fraction of sp³-hybridized carbons (Fsp3) is 0.333. The van der Waals surface area contributed by atoms with Crippen LogP contribution in [-0.2, 0) is 0 Å². The molecule has 0 nitrogen and oxygen atoms in total. The van der Waals surface area contributed by atoms with Crippen molar-refractivity contribution in [1.82, 2.24) is 0 Å². The van der Waals surface area contributed by atoms with Gasteiger partial charge in [0.15, 0.2) is 0 Å². The van der Waals surface area contributed by atoms with Gasteiger partial charge in [-0.3, -0.25) is 0 Å². The van der Waals surface area contributed by atoms with Gasteiger partial charge in [-0.2, -0.15) is 0 Å². The maximum atomic E-state index is 5.51. The van der Waals surface area contributed by atoms with E-state index in [4.69, 9.17) is 11.2 Å².